The van der Waals surface area contributed by atoms with Crippen molar-refractivity contribution in [2.45, 2.75) is 46.8 Å². The summed E-state index contributed by atoms with van der Waals surface area (Å²) >= 11 is 0. The van der Waals surface area contributed by atoms with E-state index in [4.69, 9.17) is 0 Å². The highest BCUT2D eigenvalue weighted by atomic mass is 19.3. The molecule has 0 radical (unpaired) electrons. The molecule has 1 N–H and O–H groups in total. The summed E-state index contributed by atoms with van der Waals surface area (Å²) in [6.45, 7) is 8.37. The highest BCUT2D eigenvalue weighted by Crippen LogP contribution is 2.24. The van der Waals surface area contributed by atoms with E-state index in [-0.39, 0.29) is 11.3 Å². The van der Waals surface area contributed by atoms with Crippen molar-refractivity contribution in [2.75, 3.05) is 6.54 Å². The Hall–Kier alpha value is -1.42. The monoisotopic (exact) mass is 297 g/mol. The first kappa shape index (κ1) is 17.6. The smallest absolute Gasteiger partial charge is 0.387 e. The molecule has 21 heavy (non-hydrogen) atoms. The van der Waals surface area contributed by atoms with Gasteiger partial charge in [0.15, 0.2) is 0 Å². The van der Waals surface area contributed by atoms with Gasteiger partial charge in [-0.25, -0.2) is 0 Å². The molecule has 118 valence electrons. The molecule has 0 bridgehead atoms. The predicted molar refractivity (Wildman–Crippen MR) is 83.6 cm³/mol. The molecule has 0 unspecified atom stereocenters. The Balaban J connectivity index is 3.00. The predicted octanol–water partition coefficient (Wildman–Crippen LogP) is 4.72. The maximum atomic E-state index is 12.4. The molecule has 0 aromatic heterocycles. The molecule has 2 nitrogen and oxygen atoms in total. The van der Waals surface area contributed by atoms with Crippen LogP contribution in [0.4, 0.5) is 8.78 Å². The molecule has 0 spiro atoms. The van der Waals surface area contributed by atoms with Crippen LogP contribution in [0.15, 0.2) is 29.8 Å². The second-order valence-electron chi connectivity index (χ2n) is 6.39. The zero-order valence-electron chi connectivity index (χ0n) is 13.4. The zero-order valence-corrected chi connectivity index (χ0v) is 13.4. The van der Waals surface area contributed by atoms with Gasteiger partial charge in [0.25, 0.3) is 0 Å². The quantitative estimate of drug-likeness (QED) is 0.820. The lowest BCUT2D eigenvalue weighted by molar-refractivity contribution is -0.0499. The average molecular weight is 297 g/mol. The van der Waals surface area contributed by atoms with Crippen LogP contribution < -0.4 is 10.1 Å². The normalized spacial score (nSPS) is 13.1. The Kier molecular flexibility index (Phi) is 6.34. The van der Waals surface area contributed by atoms with Crippen LogP contribution >= 0.6 is 0 Å². The zero-order chi connectivity index (χ0) is 16.0. The summed E-state index contributed by atoms with van der Waals surface area (Å²) in [5.41, 5.74) is 1.83. The van der Waals surface area contributed by atoms with Crippen molar-refractivity contribution in [3.63, 3.8) is 0 Å². The van der Waals surface area contributed by atoms with Crippen LogP contribution in [0.1, 0.15) is 40.2 Å². The van der Waals surface area contributed by atoms with Crippen molar-refractivity contribution in [3.8, 4) is 5.75 Å². The van der Waals surface area contributed by atoms with Gasteiger partial charge in [0, 0.05) is 17.6 Å². The van der Waals surface area contributed by atoms with Gasteiger partial charge in [-0.3, -0.25) is 0 Å². The van der Waals surface area contributed by atoms with Crippen LogP contribution in [-0.4, -0.2) is 18.7 Å². The van der Waals surface area contributed by atoms with E-state index in [0.717, 1.165) is 5.57 Å². The maximum absolute atomic E-state index is 12.4. The second kappa shape index (κ2) is 7.55. The van der Waals surface area contributed by atoms with Gasteiger partial charge in [0.2, 0.25) is 0 Å². The fraction of sp³-hybridized carbons (Fsp3) is 0.529. The van der Waals surface area contributed by atoms with Crippen LogP contribution in [0.5, 0.6) is 5.75 Å². The average Bonchev–Trinajstić information content (AvgIpc) is 2.34. The van der Waals surface area contributed by atoms with Gasteiger partial charge in [-0.15, -0.1) is 0 Å². The molecule has 0 saturated heterocycles. The Morgan fingerprint density at radius 2 is 1.86 bits per heavy atom. The summed E-state index contributed by atoms with van der Waals surface area (Å²) in [5.74, 6) is 0.529. The first-order valence-electron chi connectivity index (χ1n) is 7.18. The summed E-state index contributed by atoms with van der Waals surface area (Å²) in [6.07, 6.45) is 1.93. The summed E-state index contributed by atoms with van der Waals surface area (Å²) in [6, 6.07) is 6.86. The fourth-order valence-corrected chi connectivity index (χ4v) is 1.79. The highest BCUT2D eigenvalue weighted by Gasteiger charge is 2.13. The third kappa shape index (κ3) is 6.71. The molecule has 1 aromatic carbocycles. The van der Waals surface area contributed by atoms with Crippen LogP contribution in [0.3, 0.4) is 0 Å². The largest absolute Gasteiger partial charge is 0.434 e. The number of rotatable bonds is 6. The molecule has 0 aliphatic carbocycles. The van der Waals surface area contributed by atoms with E-state index in [0.29, 0.717) is 18.0 Å². The number of alkyl halides is 2. The third-order valence-corrected chi connectivity index (χ3v) is 3.04. The molecule has 1 rings (SSSR count). The third-order valence-electron chi connectivity index (χ3n) is 3.04. The minimum absolute atomic E-state index is 0.00692. The molecule has 0 aliphatic heterocycles. The van der Waals surface area contributed by atoms with Crippen molar-refractivity contribution in [3.05, 3.63) is 35.4 Å². The van der Waals surface area contributed by atoms with E-state index in [1.54, 1.807) is 18.2 Å². The van der Waals surface area contributed by atoms with Crippen molar-refractivity contribution >= 4 is 6.08 Å². The van der Waals surface area contributed by atoms with Crippen LogP contribution in [0.25, 0.3) is 6.08 Å². The fourth-order valence-electron chi connectivity index (χ4n) is 1.79. The summed E-state index contributed by atoms with van der Waals surface area (Å²) in [4.78, 5) is 0. The van der Waals surface area contributed by atoms with E-state index in [1.807, 2.05) is 12.1 Å². The summed E-state index contributed by atoms with van der Waals surface area (Å²) in [7, 11) is 0. The minimum Gasteiger partial charge on any atom is -0.434 e. The Bertz CT molecular complexity index is 476. The van der Waals surface area contributed by atoms with E-state index in [9.17, 15) is 8.78 Å². The Morgan fingerprint density at radius 1 is 1.24 bits per heavy atom. The minimum atomic E-state index is -2.81. The summed E-state index contributed by atoms with van der Waals surface area (Å²) in [5, 5.41) is 3.43. The van der Waals surface area contributed by atoms with E-state index in [1.165, 1.54) is 0 Å². The van der Waals surface area contributed by atoms with Crippen molar-refractivity contribution in [1.82, 2.24) is 5.32 Å². The second-order valence-corrected chi connectivity index (χ2v) is 6.39. The van der Waals surface area contributed by atoms with E-state index in [2.05, 4.69) is 44.7 Å². The lowest BCUT2D eigenvalue weighted by Crippen LogP contribution is -2.37. The molecule has 4 heteroatoms. The van der Waals surface area contributed by atoms with Crippen LogP contribution in [0.2, 0.25) is 0 Å². The van der Waals surface area contributed by atoms with E-state index < -0.39 is 6.61 Å². The molecule has 0 fully saturated rings. The van der Waals surface area contributed by atoms with Gasteiger partial charge in [-0.05, 0) is 32.8 Å². The molecular formula is C17H25F2NO. The molecule has 0 amide bonds. The molecule has 0 heterocycles. The molecule has 0 aliphatic rings. The lowest BCUT2D eigenvalue weighted by atomic mass is 9.98. The number of hydrogen-bond acceptors (Lipinski definition) is 2. The Labute approximate surface area is 126 Å². The number of para-hydroxylation sites is 1. The number of benzene rings is 1. The highest BCUT2D eigenvalue weighted by molar-refractivity contribution is 5.60. The molecular weight excluding hydrogens is 272 g/mol. The lowest BCUT2D eigenvalue weighted by Gasteiger charge is -2.23. The van der Waals surface area contributed by atoms with Crippen molar-refractivity contribution in [2.24, 2.45) is 5.92 Å². The number of nitrogens with one attached hydrogen (secondary N) is 1. The van der Waals surface area contributed by atoms with Gasteiger partial charge in [0.1, 0.15) is 5.75 Å². The standard InChI is InChI=1S/C17H25F2NO/c1-12(2)14(11-20-17(3,4)5)10-13-8-6-7-9-15(13)21-16(18)19/h6-10,12,16,20H,11H2,1-5H3. The van der Waals surface area contributed by atoms with Gasteiger partial charge in [-0.2, -0.15) is 8.78 Å². The van der Waals surface area contributed by atoms with Gasteiger partial charge >= 0.3 is 6.61 Å². The molecule has 0 saturated carbocycles. The molecule has 0 atom stereocenters. The topological polar surface area (TPSA) is 21.3 Å². The SMILES string of the molecule is CC(C)C(=Cc1ccccc1OC(F)F)CNC(C)(C)C. The number of hydrogen-bond donors (Lipinski definition) is 1. The summed E-state index contributed by atoms with van der Waals surface area (Å²) < 4.78 is 29.5. The van der Waals surface area contributed by atoms with Gasteiger partial charge < -0.3 is 10.1 Å². The van der Waals surface area contributed by atoms with E-state index >= 15 is 0 Å². The van der Waals surface area contributed by atoms with Crippen molar-refractivity contribution < 1.29 is 13.5 Å². The first-order chi connectivity index (χ1) is 9.69. The van der Waals surface area contributed by atoms with Crippen LogP contribution in [-0.2, 0) is 0 Å². The first-order valence-corrected chi connectivity index (χ1v) is 7.18. The Morgan fingerprint density at radius 3 is 2.38 bits per heavy atom. The van der Waals surface area contributed by atoms with Gasteiger partial charge in [-0.1, -0.05) is 43.7 Å². The number of halogens is 2. The van der Waals surface area contributed by atoms with Gasteiger partial charge in [0.05, 0.1) is 0 Å². The molecule has 1 aromatic rings. The van der Waals surface area contributed by atoms with Crippen LogP contribution in [0, 0.1) is 5.92 Å². The van der Waals surface area contributed by atoms with Crippen molar-refractivity contribution in [1.29, 1.82) is 0 Å². The number of ether oxygens (including phenoxy) is 1. The maximum Gasteiger partial charge on any atom is 0.387 e.